The second kappa shape index (κ2) is 9.83. The van der Waals surface area contributed by atoms with Crippen molar-refractivity contribution in [1.29, 1.82) is 0 Å². The molecule has 0 spiro atoms. The summed E-state index contributed by atoms with van der Waals surface area (Å²) < 4.78 is 33.6. The first-order valence-corrected chi connectivity index (χ1v) is 7.78. The lowest BCUT2D eigenvalue weighted by Crippen LogP contribution is -2.34. The lowest BCUT2D eigenvalue weighted by atomic mass is 10.2. The lowest BCUT2D eigenvalue weighted by molar-refractivity contribution is 0.0488. The number of methoxy groups -OCH3 is 1. The number of esters is 1. The lowest BCUT2D eigenvalue weighted by Gasteiger charge is -2.19. The highest BCUT2D eigenvalue weighted by molar-refractivity contribution is 5.92. The molecule has 0 heterocycles. The first-order valence-electron chi connectivity index (χ1n) is 7.78. The van der Waals surface area contributed by atoms with Crippen LogP contribution in [-0.2, 0) is 14.2 Å². The van der Waals surface area contributed by atoms with Crippen LogP contribution in [0.2, 0.25) is 0 Å². The van der Waals surface area contributed by atoms with Crippen LogP contribution in [-0.4, -0.2) is 51.1 Å². The molecule has 140 valence electrons. The molecule has 0 saturated heterocycles. The zero-order valence-electron chi connectivity index (χ0n) is 14.9. The SMILES string of the molecule is COC(=O)c1cc(F)ccc1OCCOCCNC(=O)OC(C)(C)C. The Morgan fingerprint density at radius 1 is 1.16 bits per heavy atom. The highest BCUT2D eigenvalue weighted by Gasteiger charge is 2.16. The van der Waals surface area contributed by atoms with Crippen LogP contribution in [0.5, 0.6) is 5.75 Å². The molecule has 8 heteroatoms. The van der Waals surface area contributed by atoms with Crippen molar-refractivity contribution in [3.63, 3.8) is 0 Å². The van der Waals surface area contributed by atoms with Crippen molar-refractivity contribution >= 4 is 12.1 Å². The van der Waals surface area contributed by atoms with Crippen LogP contribution in [0.1, 0.15) is 31.1 Å². The largest absolute Gasteiger partial charge is 0.490 e. The van der Waals surface area contributed by atoms with Gasteiger partial charge >= 0.3 is 12.1 Å². The van der Waals surface area contributed by atoms with Crippen molar-refractivity contribution in [3.8, 4) is 5.75 Å². The molecule has 0 aliphatic heterocycles. The molecule has 1 rings (SSSR count). The maximum Gasteiger partial charge on any atom is 0.407 e. The van der Waals surface area contributed by atoms with Gasteiger partial charge < -0.3 is 24.3 Å². The minimum absolute atomic E-state index is 0.00842. The van der Waals surface area contributed by atoms with Gasteiger partial charge in [-0.05, 0) is 39.0 Å². The first-order chi connectivity index (χ1) is 11.7. The molecular weight excluding hydrogens is 333 g/mol. The van der Waals surface area contributed by atoms with Crippen LogP contribution in [0.15, 0.2) is 18.2 Å². The summed E-state index contributed by atoms with van der Waals surface area (Å²) in [5.41, 5.74) is -0.542. The number of nitrogens with one attached hydrogen (secondary N) is 1. The van der Waals surface area contributed by atoms with E-state index in [1.165, 1.54) is 19.2 Å². The number of halogens is 1. The van der Waals surface area contributed by atoms with E-state index in [0.29, 0.717) is 6.54 Å². The van der Waals surface area contributed by atoms with Crippen molar-refractivity contribution in [2.75, 3.05) is 33.5 Å². The fourth-order valence-corrected chi connectivity index (χ4v) is 1.75. The van der Waals surface area contributed by atoms with Crippen LogP contribution in [0, 0.1) is 5.82 Å². The molecule has 0 aliphatic carbocycles. The smallest absolute Gasteiger partial charge is 0.407 e. The Morgan fingerprint density at radius 2 is 1.88 bits per heavy atom. The average molecular weight is 357 g/mol. The molecule has 0 unspecified atom stereocenters. The highest BCUT2D eigenvalue weighted by atomic mass is 19.1. The molecule has 0 fully saturated rings. The number of hydrogen-bond donors (Lipinski definition) is 1. The van der Waals surface area contributed by atoms with E-state index in [1.54, 1.807) is 20.8 Å². The molecule has 1 N–H and O–H groups in total. The van der Waals surface area contributed by atoms with Gasteiger partial charge in [0, 0.05) is 6.54 Å². The van der Waals surface area contributed by atoms with Crippen molar-refractivity contribution in [2.45, 2.75) is 26.4 Å². The molecule has 7 nitrogen and oxygen atoms in total. The van der Waals surface area contributed by atoms with Gasteiger partial charge in [-0.3, -0.25) is 0 Å². The van der Waals surface area contributed by atoms with Crippen LogP contribution < -0.4 is 10.1 Å². The maximum absolute atomic E-state index is 13.2. The summed E-state index contributed by atoms with van der Waals surface area (Å²) in [7, 11) is 1.21. The van der Waals surface area contributed by atoms with E-state index < -0.39 is 23.5 Å². The molecule has 0 saturated carbocycles. The quantitative estimate of drug-likeness (QED) is 0.569. The van der Waals surface area contributed by atoms with Gasteiger partial charge in [0.2, 0.25) is 0 Å². The summed E-state index contributed by atoms with van der Waals surface area (Å²) in [6.07, 6.45) is -0.513. The fourth-order valence-electron chi connectivity index (χ4n) is 1.75. The first kappa shape index (κ1) is 20.7. The van der Waals surface area contributed by atoms with Crippen LogP contribution in [0.25, 0.3) is 0 Å². The Kier molecular flexibility index (Phi) is 8.13. The van der Waals surface area contributed by atoms with Crippen molar-refractivity contribution in [3.05, 3.63) is 29.6 Å². The number of alkyl carbamates (subject to hydrolysis) is 1. The normalized spacial score (nSPS) is 10.9. The monoisotopic (exact) mass is 357 g/mol. The average Bonchev–Trinajstić information content (AvgIpc) is 2.52. The van der Waals surface area contributed by atoms with Gasteiger partial charge in [-0.2, -0.15) is 0 Å². The number of benzene rings is 1. The van der Waals surface area contributed by atoms with Gasteiger partial charge in [0.05, 0.1) is 20.3 Å². The summed E-state index contributed by atoms with van der Waals surface area (Å²) in [6.45, 7) is 6.28. The van der Waals surface area contributed by atoms with Gasteiger partial charge in [-0.15, -0.1) is 0 Å². The van der Waals surface area contributed by atoms with Crippen LogP contribution >= 0.6 is 0 Å². The standard InChI is InChI=1S/C17H24FNO6/c1-17(2,3)25-16(21)19-7-8-23-9-10-24-14-6-5-12(18)11-13(14)15(20)22-4/h5-6,11H,7-10H2,1-4H3,(H,19,21). The molecule has 25 heavy (non-hydrogen) atoms. The highest BCUT2D eigenvalue weighted by Crippen LogP contribution is 2.20. The summed E-state index contributed by atoms with van der Waals surface area (Å²) in [6, 6.07) is 3.59. The molecule has 0 aromatic heterocycles. The molecule has 0 radical (unpaired) electrons. The number of amides is 1. The van der Waals surface area contributed by atoms with Gasteiger partial charge in [-0.25, -0.2) is 14.0 Å². The van der Waals surface area contributed by atoms with E-state index in [-0.39, 0.29) is 31.1 Å². The number of rotatable bonds is 8. The van der Waals surface area contributed by atoms with Crippen molar-refractivity contribution in [2.24, 2.45) is 0 Å². The van der Waals surface area contributed by atoms with Gasteiger partial charge in [0.25, 0.3) is 0 Å². The molecule has 1 aromatic carbocycles. The molecular formula is C17H24FNO6. The van der Waals surface area contributed by atoms with Crippen LogP contribution in [0.3, 0.4) is 0 Å². The van der Waals surface area contributed by atoms with E-state index in [0.717, 1.165) is 6.07 Å². The third-order valence-electron chi connectivity index (χ3n) is 2.75. The Morgan fingerprint density at radius 3 is 2.52 bits per heavy atom. The third kappa shape index (κ3) is 8.35. The molecule has 1 aromatic rings. The van der Waals surface area contributed by atoms with Crippen molar-refractivity contribution in [1.82, 2.24) is 5.32 Å². The number of carbonyl (C=O) groups excluding carboxylic acids is 2. The maximum atomic E-state index is 13.2. The van der Waals surface area contributed by atoms with Crippen LogP contribution in [0.4, 0.5) is 9.18 Å². The van der Waals surface area contributed by atoms with Crippen molar-refractivity contribution < 1.29 is 32.9 Å². The summed E-state index contributed by atoms with van der Waals surface area (Å²) in [5.74, 6) is -1.03. The number of carbonyl (C=O) groups is 2. The zero-order valence-corrected chi connectivity index (χ0v) is 14.9. The topological polar surface area (TPSA) is 83.1 Å². The summed E-state index contributed by atoms with van der Waals surface area (Å²) in [5, 5.41) is 2.56. The molecule has 0 aliphatic rings. The van der Waals surface area contributed by atoms with Gasteiger partial charge in [0.15, 0.2) is 0 Å². The predicted octanol–water partition coefficient (Wildman–Crippen LogP) is 2.53. The predicted molar refractivity (Wildman–Crippen MR) is 88.3 cm³/mol. The van der Waals surface area contributed by atoms with E-state index >= 15 is 0 Å². The fraction of sp³-hybridized carbons (Fsp3) is 0.529. The molecule has 0 bridgehead atoms. The Hall–Kier alpha value is -2.35. The summed E-state index contributed by atoms with van der Waals surface area (Å²) >= 11 is 0. The number of hydrogen-bond acceptors (Lipinski definition) is 6. The zero-order chi connectivity index (χ0) is 18.9. The Balaban J connectivity index is 2.26. The second-order valence-corrected chi connectivity index (χ2v) is 6.02. The molecule has 0 atom stereocenters. The summed E-state index contributed by atoms with van der Waals surface area (Å²) in [4.78, 5) is 23.0. The second-order valence-electron chi connectivity index (χ2n) is 6.02. The van der Waals surface area contributed by atoms with E-state index in [4.69, 9.17) is 14.2 Å². The van der Waals surface area contributed by atoms with E-state index in [1.807, 2.05) is 0 Å². The number of ether oxygens (including phenoxy) is 4. The minimum atomic E-state index is -0.683. The Labute approximate surface area is 146 Å². The Bertz CT molecular complexity index is 585. The minimum Gasteiger partial charge on any atom is -0.490 e. The van der Waals surface area contributed by atoms with Gasteiger partial charge in [0.1, 0.15) is 29.3 Å². The van der Waals surface area contributed by atoms with Gasteiger partial charge in [-0.1, -0.05) is 0 Å². The molecule has 1 amide bonds. The van der Waals surface area contributed by atoms with E-state index in [9.17, 15) is 14.0 Å². The third-order valence-corrected chi connectivity index (χ3v) is 2.75. The van der Waals surface area contributed by atoms with E-state index in [2.05, 4.69) is 10.1 Å².